The van der Waals surface area contributed by atoms with E-state index in [9.17, 15) is 9.90 Å². The van der Waals surface area contributed by atoms with Crippen LogP contribution in [0.15, 0.2) is 0 Å². The molecular formula is C19H39NO3. The van der Waals surface area contributed by atoms with E-state index < -0.39 is 6.10 Å². The van der Waals surface area contributed by atoms with Crippen molar-refractivity contribution >= 4 is 5.91 Å². The Morgan fingerprint density at radius 2 is 1.43 bits per heavy atom. The molecule has 4 nitrogen and oxygen atoms in total. The first-order valence-corrected chi connectivity index (χ1v) is 9.72. The number of rotatable bonds is 16. The smallest absolute Gasteiger partial charge is 0.222 e. The first-order valence-electron chi connectivity index (χ1n) is 9.72. The SMILES string of the molecule is CCCCCCCCCCCCC(O)CN(CCO)C(=O)CC. The summed E-state index contributed by atoms with van der Waals surface area (Å²) >= 11 is 0. The van der Waals surface area contributed by atoms with Gasteiger partial charge in [-0.05, 0) is 6.42 Å². The molecule has 0 aromatic heterocycles. The molecule has 138 valence electrons. The van der Waals surface area contributed by atoms with Gasteiger partial charge in [0.25, 0.3) is 0 Å². The highest BCUT2D eigenvalue weighted by atomic mass is 16.3. The molecule has 4 heteroatoms. The molecule has 0 radical (unpaired) electrons. The lowest BCUT2D eigenvalue weighted by Crippen LogP contribution is -2.39. The quantitative estimate of drug-likeness (QED) is 0.422. The highest BCUT2D eigenvalue weighted by molar-refractivity contribution is 5.75. The van der Waals surface area contributed by atoms with Crippen LogP contribution >= 0.6 is 0 Å². The van der Waals surface area contributed by atoms with Crippen LogP contribution in [0.1, 0.15) is 90.9 Å². The standard InChI is InChI=1S/C19H39NO3/c1-3-5-6-7-8-9-10-11-12-13-14-18(22)17-20(15-16-21)19(23)4-2/h18,21-22H,3-17H2,1-2H3. The molecule has 23 heavy (non-hydrogen) atoms. The van der Waals surface area contributed by atoms with Crippen molar-refractivity contribution in [1.29, 1.82) is 0 Å². The fourth-order valence-corrected chi connectivity index (χ4v) is 2.88. The molecule has 0 aliphatic heterocycles. The predicted molar refractivity (Wildman–Crippen MR) is 96.4 cm³/mol. The average Bonchev–Trinajstić information content (AvgIpc) is 2.55. The number of amides is 1. The minimum absolute atomic E-state index is 0.00109. The predicted octanol–water partition coefficient (Wildman–Crippen LogP) is 3.89. The van der Waals surface area contributed by atoms with Crippen LogP contribution in [-0.2, 0) is 4.79 Å². The molecule has 0 aromatic rings. The molecule has 0 aliphatic carbocycles. The maximum atomic E-state index is 11.7. The summed E-state index contributed by atoms with van der Waals surface area (Å²) in [5.74, 6) is 0.00109. The molecule has 0 saturated heterocycles. The van der Waals surface area contributed by atoms with Gasteiger partial charge >= 0.3 is 0 Å². The number of nitrogens with zero attached hydrogens (tertiary/aromatic N) is 1. The molecule has 0 rings (SSSR count). The summed E-state index contributed by atoms with van der Waals surface area (Å²) in [6.45, 7) is 4.68. The number of carbonyl (C=O) groups excluding carboxylic acids is 1. The normalized spacial score (nSPS) is 12.3. The van der Waals surface area contributed by atoms with Gasteiger partial charge in [-0.1, -0.05) is 78.1 Å². The second-order valence-corrected chi connectivity index (χ2v) is 6.54. The van der Waals surface area contributed by atoms with Crippen molar-refractivity contribution in [3.63, 3.8) is 0 Å². The first kappa shape index (κ1) is 22.4. The van der Waals surface area contributed by atoms with E-state index in [1.807, 2.05) is 0 Å². The Morgan fingerprint density at radius 3 is 1.91 bits per heavy atom. The van der Waals surface area contributed by atoms with Crippen molar-refractivity contribution < 1.29 is 15.0 Å². The second-order valence-electron chi connectivity index (χ2n) is 6.54. The Bertz CT molecular complexity index is 271. The Hall–Kier alpha value is -0.610. The average molecular weight is 330 g/mol. The molecule has 2 N–H and O–H groups in total. The summed E-state index contributed by atoms with van der Waals surface area (Å²) < 4.78 is 0. The molecule has 0 spiro atoms. The molecule has 0 bridgehead atoms. The number of unbranched alkanes of at least 4 members (excludes halogenated alkanes) is 9. The Balaban J connectivity index is 3.54. The summed E-state index contributed by atoms with van der Waals surface area (Å²) in [5.41, 5.74) is 0. The van der Waals surface area contributed by atoms with E-state index in [0.717, 1.165) is 19.3 Å². The summed E-state index contributed by atoms with van der Waals surface area (Å²) in [6.07, 6.45) is 13.5. The zero-order chi connectivity index (χ0) is 17.3. The zero-order valence-corrected chi connectivity index (χ0v) is 15.4. The second kappa shape index (κ2) is 16.3. The van der Waals surface area contributed by atoms with Crippen molar-refractivity contribution in [3.8, 4) is 0 Å². The van der Waals surface area contributed by atoms with Crippen molar-refractivity contribution in [1.82, 2.24) is 4.90 Å². The Labute approximate surface area is 143 Å². The molecule has 0 saturated carbocycles. The van der Waals surface area contributed by atoms with Gasteiger partial charge in [-0.3, -0.25) is 4.79 Å². The Morgan fingerprint density at radius 1 is 0.913 bits per heavy atom. The van der Waals surface area contributed by atoms with Crippen molar-refractivity contribution in [3.05, 3.63) is 0 Å². The van der Waals surface area contributed by atoms with Crippen LogP contribution in [0.4, 0.5) is 0 Å². The largest absolute Gasteiger partial charge is 0.395 e. The lowest BCUT2D eigenvalue weighted by Gasteiger charge is -2.24. The lowest BCUT2D eigenvalue weighted by molar-refractivity contribution is -0.132. The van der Waals surface area contributed by atoms with Crippen molar-refractivity contribution in [2.24, 2.45) is 0 Å². The number of aliphatic hydroxyl groups is 2. The topological polar surface area (TPSA) is 60.8 Å². The number of aliphatic hydroxyl groups excluding tert-OH is 2. The van der Waals surface area contributed by atoms with Crippen LogP contribution in [0.5, 0.6) is 0 Å². The molecule has 1 atom stereocenters. The van der Waals surface area contributed by atoms with Gasteiger partial charge < -0.3 is 15.1 Å². The van der Waals surface area contributed by atoms with Crippen LogP contribution in [0.3, 0.4) is 0 Å². The van der Waals surface area contributed by atoms with E-state index in [0.29, 0.717) is 19.5 Å². The van der Waals surface area contributed by atoms with Crippen LogP contribution in [0.25, 0.3) is 0 Å². The summed E-state index contributed by atoms with van der Waals surface area (Å²) in [7, 11) is 0. The number of hydrogen-bond acceptors (Lipinski definition) is 3. The number of carbonyl (C=O) groups is 1. The first-order chi connectivity index (χ1) is 11.2. The van der Waals surface area contributed by atoms with Crippen LogP contribution in [-0.4, -0.2) is 46.8 Å². The van der Waals surface area contributed by atoms with Gasteiger partial charge in [0.05, 0.1) is 12.7 Å². The fourth-order valence-electron chi connectivity index (χ4n) is 2.88. The Kier molecular flexibility index (Phi) is 15.8. The lowest BCUT2D eigenvalue weighted by atomic mass is 10.0. The van der Waals surface area contributed by atoms with E-state index in [4.69, 9.17) is 5.11 Å². The fraction of sp³-hybridized carbons (Fsp3) is 0.947. The van der Waals surface area contributed by atoms with Gasteiger partial charge in [0.1, 0.15) is 0 Å². The van der Waals surface area contributed by atoms with Gasteiger partial charge in [0, 0.05) is 19.5 Å². The minimum Gasteiger partial charge on any atom is -0.395 e. The van der Waals surface area contributed by atoms with Gasteiger partial charge in [-0.2, -0.15) is 0 Å². The van der Waals surface area contributed by atoms with Crippen LogP contribution in [0, 0.1) is 0 Å². The molecular weight excluding hydrogens is 290 g/mol. The minimum atomic E-state index is -0.467. The van der Waals surface area contributed by atoms with Crippen molar-refractivity contribution in [2.75, 3.05) is 19.7 Å². The molecule has 1 amide bonds. The summed E-state index contributed by atoms with van der Waals surface area (Å²) in [5, 5.41) is 19.0. The van der Waals surface area contributed by atoms with Crippen LogP contribution < -0.4 is 0 Å². The molecule has 0 heterocycles. The molecule has 0 aromatic carbocycles. The van der Waals surface area contributed by atoms with E-state index >= 15 is 0 Å². The van der Waals surface area contributed by atoms with Gasteiger partial charge in [0.2, 0.25) is 5.91 Å². The highest BCUT2D eigenvalue weighted by Crippen LogP contribution is 2.12. The highest BCUT2D eigenvalue weighted by Gasteiger charge is 2.15. The van der Waals surface area contributed by atoms with Gasteiger partial charge in [-0.25, -0.2) is 0 Å². The van der Waals surface area contributed by atoms with Gasteiger partial charge in [0.15, 0.2) is 0 Å². The van der Waals surface area contributed by atoms with Crippen molar-refractivity contribution in [2.45, 2.75) is 97.0 Å². The maximum absolute atomic E-state index is 11.7. The van der Waals surface area contributed by atoms with Gasteiger partial charge in [-0.15, -0.1) is 0 Å². The summed E-state index contributed by atoms with van der Waals surface area (Å²) in [6, 6.07) is 0. The maximum Gasteiger partial charge on any atom is 0.222 e. The van der Waals surface area contributed by atoms with Crippen LogP contribution in [0.2, 0.25) is 0 Å². The third kappa shape index (κ3) is 13.5. The van der Waals surface area contributed by atoms with E-state index in [2.05, 4.69) is 6.92 Å². The van der Waals surface area contributed by atoms with E-state index in [1.54, 1.807) is 11.8 Å². The molecule has 0 aliphatic rings. The zero-order valence-electron chi connectivity index (χ0n) is 15.4. The monoisotopic (exact) mass is 329 g/mol. The number of hydrogen-bond donors (Lipinski definition) is 2. The summed E-state index contributed by atoms with van der Waals surface area (Å²) in [4.78, 5) is 13.3. The molecule has 1 unspecified atom stereocenters. The third-order valence-electron chi connectivity index (χ3n) is 4.35. The van der Waals surface area contributed by atoms with E-state index in [1.165, 1.54) is 51.4 Å². The molecule has 0 fully saturated rings. The van der Waals surface area contributed by atoms with E-state index in [-0.39, 0.29) is 12.5 Å². The third-order valence-corrected chi connectivity index (χ3v) is 4.35.